The average Bonchev–Trinajstić information content (AvgIpc) is 3.09. The molecule has 1 rings (SSSR count). The highest BCUT2D eigenvalue weighted by Crippen LogP contribution is 2.06. The van der Waals surface area contributed by atoms with E-state index >= 15 is 0 Å². The first-order valence-corrected chi connectivity index (χ1v) is 16.4. The standard InChI is InChI=1S/C32H50N10O9/c1-20(44)36-18-27(46)40-23(10-6-14-35-2)31(50)41-24(12-13-33)32(51)42-25(16-21-8-4-3-5-9-21)30(49)38-17-26(45)37-19-28(47)39-22(29(34)48)11-7-15-43/h3-5,8-9,15,22-25,35H,6-7,10-14,16-19,33H2,1-2H3,(H2,34,48)(H,36,44)(H,37,45)(H,38,49)(H,39,47)(H,40,46)(H,41,50)(H,42,51)/t22?,23?,24-,25?/m0/s1. The van der Waals surface area contributed by atoms with Crippen molar-refractivity contribution in [1.29, 1.82) is 0 Å². The molecular formula is C32H50N10O9. The highest BCUT2D eigenvalue weighted by Gasteiger charge is 2.30. The Morgan fingerprint density at radius 2 is 1.25 bits per heavy atom. The number of rotatable bonds is 25. The van der Waals surface area contributed by atoms with Gasteiger partial charge in [0.15, 0.2) is 0 Å². The molecule has 0 aliphatic carbocycles. The molecule has 0 heterocycles. The van der Waals surface area contributed by atoms with Crippen LogP contribution in [0.1, 0.15) is 44.6 Å². The molecule has 0 fully saturated rings. The largest absolute Gasteiger partial charge is 0.368 e. The number of nitrogens with two attached hydrogens (primary N) is 2. The molecule has 0 aliphatic rings. The second-order valence-corrected chi connectivity index (χ2v) is 11.4. The van der Waals surface area contributed by atoms with Gasteiger partial charge in [-0.05, 0) is 51.4 Å². The van der Waals surface area contributed by atoms with Crippen molar-refractivity contribution >= 4 is 53.5 Å². The van der Waals surface area contributed by atoms with E-state index in [-0.39, 0.29) is 45.2 Å². The number of aldehydes is 1. The Balaban J connectivity index is 2.98. The van der Waals surface area contributed by atoms with Crippen molar-refractivity contribution < 1.29 is 43.2 Å². The second kappa shape index (κ2) is 24.7. The van der Waals surface area contributed by atoms with E-state index in [1.54, 1.807) is 37.4 Å². The first kappa shape index (κ1) is 43.6. The lowest BCUT2D eigenvalue weighted by molar-refractivity contribution is -0.134. The highest BCUT2D eigenvalue weighted by molar-refractivity contribution is 5.96. The minimum Gasteiger partial charge on any atom is -0.368 e. The van der Waals surface area contributed by atoms with Crippen LogP contribution in [-0.2, 0) is 49.6 Å². The third-order valence-electron chi connectivity index (χ3n) is 7.19. The lowest BCUT2D eigenvalue weighted by Crippen LogP contribution is -2.58. The molecule has 1 aromatic carbocycles. The maximum Gasteiger partial charge on any atom is 0.243 e. The third-order valence-corrected chi connectivity index (χ3v) is 7.19. The van der Waals surface area contributed by atoms with Crippen molar-refractivity contribution in [1.82, 2.24) is 42.5 Å². The summed E-state index contributed by atoms with van der Waals surface area (Å²) in [6.45, 7) is 0.292. The van der Waals surface area contributed by atoms with Crippen LogP contribution in [0.15, 0.2) is 30.3 Å². The van der Waals surface area contributed by atoms with Crippen LogP contribution >= 0.6 is 0 Å². The van der Waals surface area contributed by atoms with Gasteiger partial charge in [0.25, 0.3) is 0 Å². The summed E-state index contributed by atoms with van der Waals surface area (Å²) in [5, 5.41) is 20.1. The molecule has 0 bridgehead atoms. The van der Waals surface area contributed by atoms with Gasteiger partial charge in [-0.3, -0.25) is 38.4 Å². The lowest BCUT2D eigenvalue weighted by Gasteiger charge is -2.25. The monoisotopic (exact) mass is 718 g/mol. The zero-order valence-electron chi connectivity index (χ0n) is 28.9. The van der Waals surface area contributed by atoms with Gasteiger partial charge in [-0.25, -0.2) is 0 Å². The zero-order valence-corrected chi connectivity index (χ0v) is 28.9. The van der Waals surface area contributed by atoms with E-state index < -0.39 is 84.5 Å². The van der Waals surface area contributed by atoms with Gasteiger partial charge in [0, 0.05) is 19.8 Å². The minimum absolute atomic E-state index is 0.00682. The summed E-state index contributed by atoms with van der Waals surface area (Å²) in [6.07, 6.45) is 1.25. The van der Waals surface area contributed by atoms with E-state index in [9.17, 15) is 43.2 Å². The third kappa shape index (κ3) is 18.8. The molecule has 0 aromatic heterocycles. The van der Waals surface area contributed by atoms with Crippen molar-refractivity contribution in [2.75, 3.05) is 39.8 Å². The number of hydrogen-bond donors (Lipinski definition) is 10. The Morgan fingerprint density at radius 3 is 1.82 bits per heavy atom. The fourth-order valence-electron chi connectivity index (χ4n) is 4.54. The van der Waals surface area contributed by atoms with Crippen LogP contribution in [0.4, 0.5) is 0 Å². The molecule has 0 radical (unpaired) electrons. The molecule has 19 nitrogen and oxygen atoms in total. The molecule has 0 spiro atoms. The van der Waals surface area contributed by atoms with E-state index in [2.05, 4.69) is 42.5 Å². The molecule has 1 aromatic rings. The summed E-state index contributed by atoms with van der Waals surface area (Å²) in [5.74, 6) is -5.56. The number of amides is 8. The fourth-order valence-corrected chi connectivity index (χ4v) is 4.54. The lowest BCUT2D eigenvalue weighted by atomic mass is 10.0. The van der Waals surface area contributed by atoms with E-state index in [4.69, 9.17) is 11.5 Å². The van der Waals surface area contributed by atoms with Crippen LogP contribution in [0.2, 0.25) is 0 Å². The molecule has 51 heavy (non-hydrogen) atoms. The van der Waals surface area contributed by atoms with Crippen molar-refractivity contribution in [3.8, 4) is 0 Å². The molecule has 19 heteroatoms. The van der Waals surface area contributed by atoms with Crippen molar-refractivity contribution in [2.24, 2.45) is 11.5 Å². The van der Waals surface area contributed by atoms with E-state index in [1.165, 1.54) is 6.92 Å². The van der Waals surface area contributed by atoms with E-state index in [1.807, 2.05) is 0 Å². The van der Waals surface area contributed by atoms with Crippen LogP contribution in [0, 0.1) is 0 Å². The number of carbonyl (C=O) groups excluding carboxylic acids is 9. The molecule has 0 saturated carbocycles. The first-order valence-electron chi connectivity index (χ1n) is 16.4. The molecule has 8 amide bonds. The molecule has 4 atom stereocenters. The zero-order chi connectivity index (χ0) is 38.2. The Hall–Kier alpha value is -5.43. The van der Waals surface area contributed by atoms with Crippen molar-refractivity contribution in [3.05, 3.63) is 35.9 Å². The first-order chi connectivity index (χ1) is 24.3. The summed E-state index contributed by atoms with van der Waals surface area (Å²) in [5.41, 5.74) is 11.6. The summed E-state index contributed by atoms with van der Waals surface area (Å²) < 4.78 is 0. The van der Waals surface area contributed by atoms with Crippen LogP contribution in [0.3, 0.4) is 0 Å². The number of benzene rings is 1. The van der Waals surface area contributed by atoms with Crippen molar-refractivity contribution in [3.63, 3.8) is 0 Å². The van der Waals surface area contributed by atoms with Crippen LogP contribution in [0.25, 0.3) is 0 Å². The smallest absolute Gasteiger partial charge is 0.243 e. The maximum absolute atomic E-state index is 13.5. The predicted molar refractivity (Wildman–Crippen MR) is 184 cm³/mol. The molecule has 0 aliphatic heterocycles. The molecule has 12 N–H and O–H groups in total. The Bertz CT molecular complexity index is 1350. The Labute approximate surface area is 295 Å². The van der Waals surface area contributed by atoms with Crippen LogP contribution in [0.5, 0.6) is 0 Å². The number of nitrogens with one attached hydrogen (secondary N) is 8. The molecule has 282 valence electrons. The number of hydrogen-bond acceptors (Lipinski definition) is 11. The summed E-state index contributed by atoms with van der Waals surface area (Å²) >= 11 is 0. The SMILES string of the molecule is CNCCCC(NC(=O)CNC(C)=O)C(=O)N[C@@H](CCN)C(=O)NC(Cc1ccccc1)C(=O)NCC(=O)NCC(=O)NC(CCC=O)C(N)=O. The normalized spacial score (nSPS) is 12.8. The van der Waals surface area contributed by atoms with Gasteiger partial charge in [-0.1, -0.05) is 30.3 Å². The summed E-state index contributed by atoms with van der Waals surface area (Å²) in [4.78, 5) is 110. The maximum atomic E-state index is 13.5. The second-order valence-electron chi connectivity index (χ2n) is 11.4. The average molecular weight is 719 g/mol. The van der Waals surface area contributed by atoms with Gasteiger partial charge >= 0.3 is 0 Å². The Morgan fingerprint density at radius 1 is 0.686 bits per heavy atom. The van der Waals surface area contributed by atoms with Crippen molar-refractivity contribution in [2.45, 2.75) is 69.6 Å². The van der Waals surface area contributed by atoms with Gasteiger partial charge in [0.05, 0.1) is 19.6 Å². The minimum atomic E-state index is -1.22. The Kier molecular flexibility index (Phi) is 21.1. The fraction of sp³-hybridized carbons (Fsp3) is 0.531. The highest BCUT2D eigenvalue weighted by atomic mass is 16.2. The van der Waals surface area contributed by atoms with Gasteiger partial charge in [0.1, 0.15) is 30.5 Å². The molecule has 3 unspecified atom stereocenters. The number of carbonyl (C=O) groups is 9. The number of primary amides is 1. The van der Waals surface area contributed by atoms with Crippen LogP contribution in [-0.4, -0.2) is 117 Å². The summed E-state index contributed by atoms with van der Waals surface area (Å²) in [7, 11) is 1.72. The molecule has 0 saturated heterocycles. The topological polar surface area (TPSA) is 302 Å². The van der Waals surface area contributed by atoms with E-state index in [0.717, 1.165) is 0 Å². The van der Waals surface area contributed by atoms with Gasteiger partial charge in [-0.2, -0.15) is 0 Å². The van der Waals surface area contributed by atoms with E-state index in [0.29, 0.717) is 24.8 Å². The molecular weight excluding hydrogens is 668 g/mol. The van der Waals surface area contributed by atoms with Crippen LogP contribution < -0.4 is 54.0 Å². The summed E-state index contributed by atoms with van der Waals surface area (Å²) in [6, 6.07) is 4.12. The van der Waals surface area contributed by atoms with Gasteiger partial charge in [0.2, 0.25) is 47.3 Å². The quantitative estimate of drug-likeness (QED) is 0.0339. The van der Waals surface area contributed by atoms with Gasteiger partial charge in [-0.15, -0.1) is 0 Å². The van der Waals surface area contributed by atoms with Gasteiger partial charge < -0.3 is 58.8 Å². The predicted octanol–water partition coefficient (Wildman–Crippen LogP) is -4.65.